The van der Waals surface area contributed by atoms with Gasteiger partial charge in [0.1, 0.15) is 0 Å². The molecule has 0 aromatic heterocycles. The summed E-state index contributed by atoms with van der Waals surface area (Å²) in [6.07, 6.45) is 0. The molecule has 0 radical (unpaired) electrons. The van der Waals surface area contributed by atoms with Crippen LogP contribution >= 0.6 is 0 Å². The summed E-state index contributed by atoms with van der Waals surface area (Å²) in [6.45, 7) is 9.39. The van der Waals surface area contributed by atoms with Crippen molar-refractivity contribution in [2.24, 2.45) is 0 Å². The topological polar surface area (TPSA) is 9.23 Å². The highest BCUT2D eigenvalue weighted by Crippen LogP contribution is 2.05. The molecular weight excluding hydrogens is 132 g/mol. The van der Waals surface area contributed by atoms with Gasteiger partial charge < -0.3 is 4.43 Å². The van der Waals surface area contributed by atoms with Gasteiger partial charge in [-0.15, -0.1) is 0 Å². The zero-order valence-corrected chi connectivity index (χ0v) is 8.64. The molecule has 0 bridgehead atoms. The Morgan fingerprint density at radius 1 is 1.25 bits per heavy atom. The molecule has 0 aromatic rings. The van der Waals surface area contributed by atoms with E-state index in [0.717, 1.165) is 0 Å². The number of hydrogen-bond acceptors (Lipinski definition) is 1. The second-order valence-corrected chi connectivity index (χ2v) is 17.4. The summed E-state index contributed by atoms with van der Waals surface area (Å²) in [5, 5.41) is 0. The Bertz CT molecular complexity index is 67.3. The molecule has 0 saturated heterocycles. The molecule has 0 heterocycles. The van der Waals surface area contributed by atoms with Crippen molar-refractivity contribution in [1.82, 2.24) is 0 Å². The molecule has 0 saturated carbocycles. The van der Waals surface area contributed by atoms with E-state index in [4.69, 9.17) is 4.43 Å². The zero-order chi connectivity index (χ0) is 6.78. The molecule has 0 N–H and O–H groups in total. The third-order valence-electron chi connectivity index (χ3n) is 1.57. The fourth-order valence-electron chi connectivity index (χ4n) is 0.354. The van der Waals surface area contributed by atoms with E-state index in [1.54, 1.807) is 0 Å². The van der Waals surface area contributed by atoms with Gasteiger partial charge in [-0.05, 0) is 0 Å². The lowest BCUT2D eigenvalue weighted by Gasteiger charge is -2.20. The molecule has 50 valence electrons. The van der Waals surface area contributed by atoms with Crippen LogP contribution in [0.5, 0.6) is 0 Å². The minimum Gasteiger partial charge on any atom is -0.427 e. The summed E-state index contributed by atoms with van der Waals surface area (Å²) in [6, 6.07) is 0. The van der Waals surface area contributed by atoms with Crippen molar-refractivity contribution in [3.8, 4) is 0 Å². The molecule has 1 nitrogen and oxygen atoms in total. The monoisotopic (exact) mass is 148 g/mol. The van der Waals surface area contributed by atoms with Gasteiger partial charge >= 0.3 is 0 Å². The van der Waals surface area contributed by atoms with Gasteiger partial charge in [0.2, 0.25) is 0 Å². The maximum absolute atomic E-state index is 5.32. The van der Waals surface area contributed by atoms with Crippen LogP contribution in [0.25, 0.3) is 0 Å². The van der Waals surface area contributed by atoms with E-state index in [-0.39, 0.29) is 0 Å². The molecule has 1 atom stereocenters. The van der Waals surface area contributed by atoms with Gasteiger partial charge in [-0.25, -0.2) is 0 Å². The molecule has 0 spiro atoms. The minimum atomic E-state index is -0.844. The molecule has 0 aliphatic carbocycles. The van der Waals surface area contributed by atoms with Crippen molar-refractivity contribution in [3.05, 3.63) is 0 Å². The lowest BCUT2D eigenvalue weighted by Crippen LogP contribution is -2.41. The van der Waals surface area contributed by atoms with E-state index in [9.17, 15) is 0 Å². The van der Waals surface area contributed by atoms with Gasteiger partial charge in [0.05, 0.1) is 7.59 Å². The highest BCUT2D eigenvalue weighted by atomic mass is 29.2. The van der Waals surface area contributed by atoms with Crippen molar-refractivity contribution >= 4 is 16.1 Å². The van der Waals surface area contributed by atoms with Crippen LogP contribution in [0.3, 0.4) is 0 Å². The first-order chi connectivity index (χ1) is 3.48. The molecule has 8 heavy (non-hydrogen) atoms. The van der Waals surface area contributed by atoms with E-state index >= 15 is 0 Å². The summed E-state index contributed by atoms with van der Waals surface area (Å²) in [5.74, 6) is 0. The minimum absolute atomic E-state index is 0.731. The Labute approximate surface area is 54.6 Å². The molecule has 0 aliphatic heterocycles. The number of rotatable bonds is 2. The normalized spacial score (nSPS) is 16.1. The van der Waals surface area contributed by atoms with Crippen molar-refractivity contribution < 1.29 is 4.43 Å². The molecule has 0 aliphatic rings. The van der Waals surface area contributed by atoms with Crippen molar-refractivity contribution in [2.75, 3.05) is 7.11 Å². The summed E-state index contributed by atoms with van der Waals surface area (Å²) in [5.41, 5.74) is 0. The Kier molecular flexibility index (Phi) is 2.94. The van der Waals surface area contributed by atoms with E-state index in [0.29, 0.717) is 0 Å². The first-order valence-corrected chi connectivity index (χ1v) is 9.95. The predicted molar refractivity (Wildman–Crippen MR) is 43.4 cm³/mol. The van der Waals surface area contributed by atoms with Crippen molar-refractivity contribution in [3.63, 3.8) is 0 Å². The van der Waals surface area contributed by atoms with E-state index in [2.05, 4.69) is 26.2 Å². The van der Waals surface area contributed by atoms with Crippen LogP contribution in [0.4, 0.5) is 0 Å². The number of hydrogen-bond donors (Lipinski definition) is 0. The third-order valence-corrected chi connectivity index (χ3v) is 12.7. The van der Waals surface area contributed by atoms with Gasteiger partial charge in [-0.2, -0.15) is 0 Å². The standard InChI is InChI=1S/C5H16OSi2/c1-6-7(2)8(3,4)5/h7H,1-5H3. The smallest absolute Gasteiger partial charge is 0.161 e. The average molecular weight is 148 g/mol. The third kappa shape index (κ3) is 2.64. The Morgan fingerprint density at radius 3 is 1.62 bits per heavy atom. The second kappa shape index (κ2) is 2.80. The fourth-order valence-corrected chi connectivity index (χ4v) is 3.18. The highest BCUT2D eigenvalue weighted by Gasteiger charge is 2.23. The van der Waals surface area contributed by atoms with Crippen LogP contribution in [0, 0.1) is 0 Å². The Hall–Kier alpha value is 0.394. The maximum Gasteiger partial charge on any atom is 0.161 e. The lowest BCUT2D eigenvalue weighted by molar-refractivity contribution is 0.437. The van der Waals surface area contributed by atoms with Crippen molar-refractivity contribution in [2.45, 2.75) is 26.2 Å². The molecule has 0 fully saturated rings. The SMILES string of the molecule is CO[SiH](C)[Si](C)(C)C. The molecule has 1 unspecified atom stereocenters. The molecule has 0 rings (SSSR count). The van der Waals surface area contributed by atoms with E-state index in [1.165, 1.54) is 0 Å². The van der Waals surface area contributed by atoms with Gasteiger partial charge in [-0.3, -0.25) is 0 Å². The lowest BCUT2D eigenvalue weighted by atomic mass is 11.8. The van der Waals surface area contributed by atoms with Gasteiger partial charge in [0.15, 0.2) is 8.56 Å². The molecular formula is C5H16OSi2. The van der Waals surface area contributed by atoms with Crippen LogP contribution in [0.2, 0.25) is 26.2 Å². The van der Waals surface area contributed by atoms with Crippen LogP contribution in [0.1, 0.15) is 0 Å². The van der Waals surface area contributed by atoms with Crippen LogP contribution in [0.15, 0.2) is 0 Å². The first kappa shape index (κ1) is 8.39. The van der Waals surface area contributed by atoms with Crippen LogP contribution < -0.4 is 0 Å². The summed E-state index contributed by atoms with van der Waals surface area (Å²) in [4.78, 5) is 0. The predicted octanol–water partition coefficient (Wildman–Crippen LogP) is 1.40. The molecule has 0 amide bonds. The summed E-state index contributed by atoms with van der Waals surface area (Å²) >= 11 is 0. The zero-order valence-electron chi connectivity index (χ0n) is 6.49. The fraction of sp³-hybridized carbons (Fsp3) is 1.00. The quantitative estimate of drug-likeness (QED) is 0.538. The van der Waals surface area contributed by atoms with Gasteiger partial charge in [0, 0.05) is 7.11 Å². The van der Waals surface area contributed by atoms with Gasteiger partial charge in [0.25, 0.3) is 0 Å². The average Bonchev–Trinajstić information content (AvgIpc) is 1.62. The second-order valence-electron chi connectivity index (χ2n) is 3.24. The van der Waals surface area contributed by atoms with Crippen LogP contribution in [-0.2, 0) is 4.43 Å². The Balaban J connectivity index is 3.62. The summed E-state index contributed by atoms with van der Waals surface area (Å²) in [7, 11) is 0.268. The highest BCUT2D eigenvalue weighted by molar-refractivity contribution is 7.28. The van der Waals surface area contributed by atoms with Crippen LogP contribution in [-0.4, -0.2) is 23.3 Å². The summed E-state index contributed by atoms with van der Waals surface area (Å²) < 4.78 is 5.32. The van der Waals surface area contributed by atoms with Gasteiger partial charge in [-0.1, -0.05) is 26.2 Å². The largest absolute Gasteiger partial charge is 0.427 e. The molecule has 0 aromatic carbocycles. The first-order valence-electron chi connectivity index (χ1n) is 3.01. The Morgan fingerprint density at radius 2 is 1.62 bits per heavy atom. The van der Waals surface area contributed by atoms with E-state index in [1.807, 2.05) is 7.11 Å². The van der Waals surface area contributed by atoms with E-state index < -0.39 is 16.1 Å². The molecule has 3 heteroatoms. The van der Waals surface area contributed by atoms with Crippen molar-refractivity contribution in [1.29, 1.82) is 0 Å². The maximum atomic E-state index is 5.32.